The number of aryl methyl sites for hydroxylation is 2. The number of methoxy groups -OCH3 is 1. The average molecular weight is 276 g/mol. The lowest BCUT2D eigenvalue weighted by atomic mass is 10.5. The van der Waals surface area contributed by atoms with Gasteiger partial charge in [0.05, 0.1) is 13.7 Å². The summed E-state index contributed by atoms with van der Waals surface area (Å²) in [5.74, 6) is 0.494. The molecular weight excluding hydrogens is 264 g/mol. The number of hydrogen-bond donors (Lipinski definition) is 1. The Hall–Kier alpha value is -2.22. The highest BCUT2D eigenvalue weighted by Gasteiger charge is 2.11. The smallest absolute Gasteiger partial charge is 0.242 e. The van der Waals surface area contributed by atoms with Gasteiger partial charge in [-0.25, -0.2) is 4.98 Å². The molecule has 0 radical (unpaired) electrons. The van der Waals surface area contributed by atoms with Crippen molar-refractivity contribution in [2.45, 2.75) is 13.1 Å². The first kappa shape index (κ1) is 11.8. The lowest BCUT2D eigenvalue weighted by molar-refractivity contribution is 0.401. The Kier molecular flexibility index (Phi) is 3.00. The maximum absolute atomic E-state index is 5.31. The van der Waals surface area contributed by atoms with Crippen LogP contribution >= 0.6 is 12.2 Å². The van der Waals surface area contributed by atoms with Crippen molar-refractivity contribution in [3.05, 3.63) is 29.6 Å². The minimum Gasteiger partial charge on any atom is -0.479 e. The third kappa shape index (κ3) is 2.10. The van der Waals surface area contributed by atoms with Crippen molar-refractivity contribution in [3.8, 4) is 5.88 Å². The number of nitrogens with one attached hydrogen (secondary N) is 1. The van der Waals surface area contributed by atoms with E-state index in [0.717, 1.165) is 17.7 Å². The summed E-state index contributed by atoms with van der Waals surface area (Å²) in [4.78, 5) is 11.4. The summed E-state index contributed by atoms with van der Waals surface area (Å²) in [5, 5.41) is 4.16. The van der Waals surface area contributed by atoms with Crippen molar-refractivity contribution in [3.63, 3.8) is 0 Å². The largest absolute Gasteiger partial charge is 0.479 e. The predicted molar refractivity (Wildman–Crippen MR) is 71.5 cm³/mol. The Bertz CT molecular complexity index is 744. The number of fused-ring (bicyclic) bond motifs is 1. The summed E-state index contributed by atoms with van der Waals surface area (Å²) in [6, 6.07) is 1.89. The van der Waals surface area contributed by atoms with Crippen LogP contribution in [-0.4, -0.2) is 36.4 Å². The molecule has 0 bridgehead atoms. The maximum Gasteiger partial charge on any atom is 0.242 e. The molecule has 0 aliphatic heterocycles. The molecule has 3 aromatic heterocycles. The molecule has 0 amide bonds. The first-order valence-corrected chi connectivity index (χ1v) is 6.15. The van der Waals surface area contributed by atoms with Crippen LogP contribution in [0.5, 0.6) is 5.88 Å². The van der Waals surface area contributed by atoms with Gasteiger partial charge in [0.25, 0.3) is 0 Å². The van der Waals surface area contributed by atoms with Gasteiger partial charge in [-0.2, -0.15) is 10.1 Å². The average Bonchev–Trinajstić information content (AvgIpc) is 3.03. The van der Waals surface area contributed by atoms with E-state index in [0.29, 0.717) is 17.2 Å². The SMILES string of the molecule is COc1ncnc2c1[nH]c(=S)n2CCn1cccn1. The van der Waals surface area contributed by atoms with Gasteiger partial charge in [-0.15, -0.1) is 0 Å². The van der Waals surface area contributed by atoms with Crippen molar-refractivity contribution in [2.24, 2.45) is 0 Å². The summed E-state index contributed by atoms with van der Waals surface area (Å²) in [6.07, 6.45) is 5.13. The van der Waals surface area contributed by atoms with Gasteiger partial charge in [-0.1, -0.05) is 0 Å². The first-order valence-electron chi connectivity index (χ1n) is 5.74. The molecule has 1 N–H and O–H groups in total. The molecule has 0 aromatic carbocycles. The van der Waals surface area contributed by atoms with Crippen LogP contribution in [0.4, 0.5) is 0 Å². The first-order chi connectivity index (χ1) is 9.29. The van der Waals surface area contributed by atoms with Crippen molar-refractivity contribution in [1.29, 1.82) is 0 Å². The van der Waals surface area contributed by atoms with E-state index in [1.165, 1.54) is 6.33 Å². The Morgan fingerprint density at radius 3 is 3.00 bits per heavy atom. The summed E-state index contributed by atoms with van der Waals surface area (Å²) in [7, 11) is 1.57. The second-order valence-corrected chi connectivity index (χ2v) is 4.32. The molecule has 98 valence electrons. The molecule has 0 unspecified atom stereocenters. The zero-order valence-corrected chi connectivity index (χ0v) is 11.1. The number of imidazole rings is 1. The van der Waals surface area contributed by atoms with E-state index in [-0.39, 0.29) is 0 Å². The second-order valence-electron chi connectivity index (χ2n) is 3.93. The Morgan fingerprint density at radius 2 is 2.26 bits per heavy atom. The quantitative estimate of drug-likeness (QED) is 0.729. The van der Waals surface area contributed by atoms with E-state index < -0.39 is 0 Å². The van der Waals surface area contributed by atoms with Gasteiger partial charge in [0.1, 0.15) is 11.8 Å². The van der Waals surface area contributed by atoms with Crippen molar-refractivity contribution < 1.29 is 4.74 Å². The number of rotatable bonds is 4. The van der Waals surface area contributed by atoms with Gasteiger partial charge in [-0.3, -0.25) is 9.25 Å². The standard InChI is InChI=1S/C11H12N6OS/c1-18-10-8-9(12-7-13-10)17(11(19)15-8)6-5-16-4-2-3-14-16/h2-4,7H,5-6H2,1H3,(H,15,19). The number of aromatic amines is 1. The lowest BCUT2D eigenvalue weighted by Crippen LogP contribution is -2.08. The molecule has 0 atom stereocenters. The molecule has 0 saturated carbocycles. The van der Waals surface area contributed by atoms with Gasteiger partial charge in [0, 0.05) is 18.9 Å². The molecule has 19 heavy (non-hydrogen) atoms. The predicted octanol–water partition coefficient (Wildman–Crippen LogP) is 1.39. The van der Waals surface area contributed by atoms with E-state index in [4.69, 9.17) is 17.0 Å². The number of hydrogen-bond acceptors (Lipinski definition) is 5. The number of H-pyrrole nitrogens is 1. The zero-order valence-electron chi connectivity index (χ0n) is 10.3. The molecule has 7 nitrogen and oxygen atoms in total. The second kappa shape index (κ2) is 4.81. The van der Waals surface area contributed by atoms with Gasteiger partial charge in [-0.05, 0) is 18.3 Å². The van der Waals surface area contributed by atoms with Crippen LogP contribution in [0.15, 0.2) is 24.8 Å². The molecule has 0 fully saturated rings. The fourth-order valence-corrected chi connectivity index (χ4v) is 2.22. The van der Waals surface area contributed by atoms with Gasteiger partial charge in [0.15, 0.2) is 10.4 Å². The Morgan fingerprint density at radius 1 is 1.37 bits per heavy atom. The molecule has 0 aliphatic carbocycles. The van der Waals surface area contributed by atoms with Crippen LogP contribution in [-0.2, 0) is 13.1 Å². The molecule has 3 aromatic rings. The molecule has 3 rings (SSSR count). The van der Waals surface area contributed by atoms with E-state index in [2.05, 4.69) is 20.1 Å². The van der Waals surface area contributed by atoms with Crippen LogP contribution in [0.1, 0.15) is 0 Å². The maximum atomic E-state index is 5.31. The van der Waals surface area contributed by atoms with Crippen molar-refractivity contribution in [1.82, 2.24) is 29.3 Å². The number of nitrogens with zero attached hydrogens (tertiary/aromatic N) is 5. The summed E-state index contributed by atoms with van der Waals surface area (Å²) < 4.78 is 9.54. The minimum absolute atomic E-state index is 0.494. The van der Waals surface area contributed by atoms with E-state index >= 15 is 0 Å². The van der Waals surface area contributed by atoms with Crippen LogP contribution in [0.25, 0.3) is 11.2 Å². The molecule has 0 spiro atoms. The summed E-state index contributed by atoms with van der Waals surface area (Å²) in [6.45, 7) is 1.40. The van der Waals surface area contributed by atoms with E-state index in [1.807, 2.05) is 21.5 Å². The molecular formula is C11H12N6OS. The zero-order chi connectivity index (χ0) is 13.2. The highest BCUT2D eigenvalue weighted by Crippen LogP contribution is 2.19. The van der Waals surface area contributed by atoms with E-state index in [1.54, 1.807) is 13.3 Å². The summed E-state index contributed by atoms with van der Waals surface area (Å²) in [5.41, 5.74) is 1.46. The third-order valence-electron chi connectivity index (χ3n) is 2.83. The molecule has 3 heterocycles. The highest BCUT2D eigenvalue weighted by molar-refractivity contribution is 7.71. The normalized spacial score (nSPS) is 11.0. The Labute approximate surface area is 113 Å². The van der Waals surface area contributed by atoms with E-state index in [9.17, 15) is 0 Å². The van der Waals surface area contributed by atoms with Crippen LogP contribution < -0.4 is 4.74 Å². The van der Waals surface area contributed by atoms with Crippen molar-refractivity contribution in [2.75, 3.05) is 7.11 Å². The fraction of sp³-hybridized carbons (Fsp3) is 0.273. The van der Waals surface area contributed by atoms with Crippen LogP contribution in [0.2, 0.25) is 0 Å². The monoisotopic (exact) mass is 276 g/mol. The topological polar surface area (TPSA) is 73.6 Å². The summed E-state index contributed by atoms with van der Waals surface area (Å²) >= 11 is 5.31. The van der Waals surface area contributed by atoms with Crippen molar-refractivity contribution >= 4 is 23.4 Å². The molecule has 8 heteroatoms. The fourth-order valence-electron chi connectivity index (χ4n) is 1.94. The number of ether oxygens (including phenoxy) is 1. The van der Waals surface area contributed by atoms with Gasteiger partial charge >= 0.3 is 0 Å². The minimum atomic E-state index is 0.494. The molecule has 0 saturated heterocycles. The third-order valence-corrected chi connectivity index (χ3v) is 3.15. The van der Waals surface area contributed by atoms with Crippen LogP contribution in [0.3, 0.4) is 0 Å². The number of aromatic nitrogens is 6. The highest BCUT2D eigenvalue weighted by atomic mass is 32.1. The molecule has 0 aliphatic rings. The Balaban J connectivity index is 1.99. The lowest BCUT2D eigenvalue weighted by Gasteiger charge is -2.04. The van der Waals surface area contributed by atoms with Gasteiger partial charge < -0.3 is 9.72 Å². The van der Waals surface area contributed by atoms with Crippen LogP contribution in [0, 0.1) is 4.77 Å². The van der Waals surface area contributed by atoms with Gasteiger partial charge in [0.2, 0.25) is 5.88 Å².